The highest BCUT2D eigenvalue weighted by Crippen LogP contribution is 2.31. The van der Waals surface area contributed by atoms with E-state index in [0.717, 1.165) is 35.6 Å². The molecule has 1 aliphatic rings. The van der Waals surface area contributed by atoms with Crippen molar-refractivity contribution < 1.29 is 4.79 Å². The van der Waals surface area contributed by atoms with Crippen molar-refractivity contribution in [2.45, 2.75) is 13.3 Å². The molecule has 0 bridgehead atoms. The van der Waals surface area contributed by atoms with Crippen LogP contribution in [0, 0.1) is 6.92 Å². The molecular weight excluding hydrogens is 330 g/mol. The molecule has 4 heterocycles. The fraction of sp³-hybridized carbons (Fsp3) is 0.222. The standard InChI is InChI=1S/C18H19N7O/c1-12-13(11-21-24-12)14-6-7-15-17(22-14)25(10-4-9-19-15)18(26)23-16-5-2-3-8-20-16/h2-3,5-8,11,19H,4,9-10H2,1H3,(H,21,24)(H,20,23,26). The topological polar surface area (TPSA) is 98.8 Å². The van der Waals surface area contributed by atoms with Crippen LogP contribution in [-0.4, -0.2) is 39.3 Å². The molecular formula is C18H19N7O. The average molecular weight is 349 g/mol. The van der Waals surface area contributed by atoms with E-state index >= 15 is 0 Å². The number of carbonyl (C=O) groups excluding carboxylic acids is 1. The largest absolute Gasteiger partial charge is 0.382 e. The molecule has 0 unspecified atom stereocenters. The SMILES string of the molecule is Cc1n[nH]cc1-c1ccc2c(n1)N(C(=O)Nc1ccccn1)CCCN2. The van der Waals surface area contributed by atoms with E-state index in [2.05, 4.69) is 25.8 Å². The van der Waals surface area contributed by atoms with Gasteiger partial charge in [-0.25, -0.2) is 14.8 Å². The molecule has 3 N–H and O–H groups in total. The lowest BCUT2D eigenvalue weighted by atomic mass is 10.1. The van der Waals surface area contributed by atoms with Crippen molar-refractivity contribution in [1.29, 1.82) is 0 Å². The molecule has 0 saturated carbocycles. The van der Waals surface area contributed by atoms with Gasteiger partial charge >= 0.3 is 6.03 Å². The third-order valence-electron chi connectivity index (χ3n) is 4.26. The summed E-state index contributed by atoms with van der Waals surface area (Å²) in [6.07, 6.45) is 4.28. The van der Waals surface area contributed by atoms with E-state index in [-0.39, 0.29) is 6.03 Å². The summed E-state index contributed by atoms with van der Waals surface area (Å²) >= 11 is 0. The Morgan fingerprint density at radius 1 is 1.27 bits per heavy atom. The maximum absolute atomic E-state index is 12.8. The molecule has 0 atom stereocenters. The number of nitrogens with one attached hydrogen (secondary N) is 3. The summed E-state index contributed by atoms with van der Waals surface area (Å²) in [7, 11) is 0. The maximum Gasteiger partial charge on any atom is 0.328 e. The average Bonchev–Trinajstić information content (AvgIpc) is 2.97. The summed E-state index contributed by atoms with van der Waals surface area (Å²) in [5.74, 6) is 1.12. The van der Waals surface area contributed by atoms with Crippen molar-refractivity contribution in [2.75, 3.05) is 28.6 Å². The number of rotatable bonds is 2. The minimum absolute atomic E-state index is 0.248. The zero-order valence-electron chi connectivity index (χ0n) is 14.4. The molecule has 3 aromatic rings. The second-order valence-electron chi connectivity index (χ2n) is 6.03. The van der Waals surface area contributed by atoms with Crippen LogP contribution in [0.3, 0.4) is 0 Å². The summed E-state index contributed by atoms with van der Waals surface area (Å²) in [6.45, 7) is 3.27. The Bertz CT molecular complexity index is 922. The highest BCUT2D eigenvalue weighted by atomic mass is 16.2. The molecule has 26 heavy (non-hydrogen) atoms. The predicted molar refractivity (Wildman–Crippen MR) is 100 cm³/mol. The van der Waals surface area contributed by atoms with Crippen LogP contribution >= 0.6 is 0 Å². The maximum atomic E-state index is 12.8. The van der Waals surface area contributed by atoms with Gasteiger partial charge in [0.05, 0.1) is 17.1 Å². The van der Waals surface area contributed by atoms with Crippen molar-refractivity contribution in [2.24, 2.45) is 0 Å². The number of amides is 2. The molecule has 132 valence electrons. The van der Waals surface area contributed by atoms with Gasteiger partial charge in [-0.05, 0) is 37.6 Å². The van der Waals surface area contributed by atoms with Gasteiger partial charge in [0.25, 0.3) is 0 Å². The van der Waals surface area contributed by atoms with Crippen molar-refractivity contribution in [3.63, 3.8) is 0 Å². The number of nitrogens with zero attached hydrogens (tertiary/aromatic N) is 4. The van der Waals surface area contributed by atoms with Crippen LogP contribution in [0.15, 0.2) is 42.7 Å². The van der Waals surface area contributed by atoms with Crippen molar-refractivity contribution in [3.8, 4) is 11.3 Å². The third kappa shape index (κ3) is 3.08. The second-order valence-corrected chi connectivity index (χ2v) is 6.03. The van der Waals surface area contributed by atoms with Gasteiger partial charge in [-0.3, -0.25) is 15.3 Å². The number of hydrogen-bond donors (Lipinski definition) is 3. The zero-order chi connectivity index (χ0) is 17.9. The molecule has 0 aromatic carbocycles. The molecule has 3 aromatic heterocycles. The van der Waals surface area contributed by atoms with Crippen LogP contribution in [-0.2, 0) is 0 Å². The normalized spacial score (nSPS) is 13.5. The van der Waals surface area contributed by atoms with E-state index in [1.54, 1.807) is 17.2 Å². The second kappa shape index (κ2) is 6.83. The summed E-state index contributed by atoms with van der Waals surface area (Å²) in [5, 5.41) is 13.2. The Balaban J connectivity index is 1.69. The molecule has 0 spiro atoms. The van der Waals surface area contributed by atoms with Gasteiger partial charge in [0.1, 0.15) is 5.82 Å². The van der Waals surface area contributed by atoms with Gasteiger partial charge in [-0.15, -0.1) is 0 Å². The number of anilines is 3. The smallest absolute Gasteiger partial charge is 0.328 e. The van der Waals surface area contributed by atoms with Crippen molar-refractivity contribution >= 4 is 23.4 Å². The lowest BCUT2D eigenvalue weighted by Crippen LogP contribution is -2.36. The Morgan fingerprint density at radius 3 is 2.96 bits per heavy atom. The number of aryl methyl sites for hydroxylation is 1. The summed E-state index contributed by atoms with van der Waals surface area (Å²) in [5.41, 5.74) is 3.39. The lowest BCUT2D eigenvalue weighted by molar-refractivity contribution is 0.256. The molecule has 0 fully saturated rings. The number of pyridine rings is 2. The number of H-pyrrole nitrogens is 1. The summed E-state index contributed by atoms with van der Waals surface area (Å²) in [4.78, 5) is 23.4. The number of carbonyl (C=O) groups is 1. The summed E-state index contributed by atoms with van der Waals surface area (Å²) < 4.78 is 0. The van der Waals surface area contributed by atoms with Gasteiger partial charge < -0.3 is 5.32 Å². The van der Waals surface area contributed by atoms with Crippen LogP contribution in [0.25, 0.3) is 11.3 Å². The highest BCUT2D eigenvalue weighted by molar-refractivity contribution is 6.02. The van der Waals surface area contributed by atoms with Crippen LogP contribution in [0.1, 0.15) is 12.1 Å². The van der Waals surface area contributed by atoms with Gasteiger partial charge in [-0.2, -0.15) is 5.10 Å². The summed E-state index contributed by atoms with van der Waals surface area (Å²) in [6, 6.07) is 9.04. The van der Waals surface area contributed by atoms with Gasteiger partial charge in [0.2, 0.25) is 0 Å². The fourth-order valence-corrected chi connectivity index (χ4v) is 2.94. The Kier molecular flexibility index (Phi) is 4.22. The molecule has 2 amide bonds. The minimum Gasteiger partial charge on any atom is -0.382 e. The quantitative estimate of drug-likeness (QED) is 0.660. The fourth-order valence-electron chi connectivity index (χ4n) is 2.94. The number of fused-ring (bicyclic) bond motifs is 1. The van der Waals surface area contributed by atoms with E-state index in [1.807, 2.05) is 37.4 Å². The van der Waals surface area contributed by atoms with E-state index in [1.165, 1.54) is 0 Å². The van der Waals surface area contributed by atoms with Crippen LogP contribution in [0.2, 0.25) is 0 Å². The first-order valence-corrected chi connectivity index (χ1v) is 8.47. The molecule has 0 aliphatic carbocycles. The van der Waals surface area contributed by atoms with Crippen LogP contribution in [0.4, 0.5) is 22.1 Å². The first-order valence-electron chi connectivity index (χ1n) is 8.47. The number of hydrogen-bond acceptors (Lipinski definition) is 5. The Labute approximate surface area is 150 Å². The van der Waals surface area contributed by atoms with Crippen molar-refractivity contribution in [1.82, 2.24) is 20.2 Å². The van der Waals surface area contributed by atoms with E-state index in [0.29, 0.717) is 18.2 Å². The van der Waals surface area contributed by atoms with Crippen LogP contribution in [0.5, 0.6) is 0 Å². The van der Waals surface area contributed by atoms with E-state index in [9.17, 15) is 4.79 Å². The predicted octanol–water partition coefficient (Wildman–Crippen LogP) is 3.03. The van der Waals surface area contributed by atoms with Gasteiger partial charge in [0, 0.05) is 31.0 Å². The number of aromatic nitrogens is 4. The van der Waals surface area contributed by atoms with Crippen molar-refractivity contribution in [3.05, 3.63) is 48.4 Å². The van der Waals surface area contributed by atoms with Gasteiger partial charge in [0.15, 0.2) is 5.82 Å². The first-order chi connectivity index (χ1) is 12.7. The zero-order valence-corrected chi connectivity index (χ0v) is 14.4. The highest BCUT2D eigenvalue weighted by Gasteiger charge is 2.24. The third-order valence-corrected chi connectivity index (χ3v) is 4.26. The number of urea groups is 1. The first kappa shape index (κ1) is 16.1. The molecule has 0 saturated heterocycles. The monoisotopic (exact) mass is 349 g/mol. The molecule has 1 aliphatic heterocycles. The van der Waals surface area contributed by atoms with Gasteiger partial charge in [-0.1, -0.05) is 6.07 Å². The Morgan fingerprint density at radius 2 is 2.19 bits per heavy atom. The molecule has 4 rings (SSSR count). The van der Waals surface area contributed by atoms with Crippen LogP contribution < -0.4 is 15.5 Å². The molecule has 8 heteroatoms. The molecule has 8 nitrogen and oxygen atoms in total. The number of aromatic amines is 1. The lowest BCUT2D eigenvalue weighted by Gasteiger charge is -2.22. The van der Waals surface area contributed by atoms with E-state index < -0.39 is 0 Å². The minimum atomic E-state index is -0.248. The van der Waals surface area contributed by atoms with E-state index in [4.69, 9.17) is 4.98 Å². The molecule has 0 radical (unpaired) electrons. The Hall–Kier alpha value is -3.42.